The Morgan fingerprint density at radius 2 is 1.77 bits per heavy atom. The van der Waals surface area contributed by atoms with Crippen molar-refractivity contribution >= 4 is 22.5 Å². The monoisotopic (exact) mass is 465 g/mol. The van der Waals surface area contributed by atoms with E-state index in [1.807, 2.05) is 0 Å². The first-order valence-electron chi connectivity index (χ1n) is 9.01. The van der Waals surface area contributed by atoms with Crippen molar-refractivity contribution in [1.82, 2.24) is 14.3 Å². The second-order valence-electron chi connectivity index (χ2n) is 7.39. The molecule has 0 radical (unpaired) electrons. The highest BCUT2D eigenvalue weighted by Crippen LogP contribution is 2.48. The van der Waals surface area contributed by atoms with Crippen LogP contribution in [0.5, 0.6) is 0 Å². The van der Waals surface area contributed by atoms with Crippen molar-refractivity contribution in [1.29, 1.82) is 0 Å². The van der Waals surface area contributed by atoms with Crippen LogP contribution in [0.4, 0.5) is 26.3 Å². The summed E-state index contributed by atoms with van der Waals surface area (Å²) in [6, 6.07) is 2.47. The lowest BCUT2D eigenvalue weighted by Gasteiger charge is -2.32. The van der Waals surface area contributed by atoms with Crippen molar-refractivity contribution in [3.05, 3.63) is 62.7 Å². The van der Waals surface area contributed by atoms with Gasteiger partial charge in [0.2, 0.25) is 5.60 Å². The second-order valence-corrected chi connectivity index (χ2v) is 7.80. The summed E-state index contributed by atoms with van der Waals surface area (Å²) in [5, 5.41) is 13.5. The summed E-state index contributed by atoms with van der Waals surface area (Å²) < 4.78 is 83.7. The van der Waals surface area contributed by atoms with Gasteiger partial charge in [-0.25, -0.2) is 0 Å². The molecule has 1 aliphatic carbocycles. The highest BCUT2D eigenvalue weighted by molar-refractivity contribution is 6.31. The zero-order chi connectivity index (χ0) is 22.9. The van der Waals surface area contributed by atoms with Crippen molar-refractivity contribution in [3.63, 3.8) is 0 Å². The van der Waals surface area contributed by atoms with Gasteiger partial charge in [-0.15, -0.1) is 0 Å². The van der Waals surface area contributed by atoms with Gasteiger partial charge in [0.1, 0.15) is 0 Å². The molecule has 5 nitrogen and oxygen atoms in total. The van der Waals surface area contributed by atoms with Crippen LogP contribution in [0.1, 0.15) is 35.7 Å². The van der Waals surface area contributed by atoms with E-state index < -0.39 is 45.4 Å². The second kappa shape index (κ2) is 6.73. The highest BCUT2D eigenvalue weighted by atomic mass is 35.5. The largest absolute Gasteiger partial charge is 0.427 e. The maximum absolute atomic E-state index is 14.2. The van der Waals surface area contributed by atoms with Gasteiger partial charge in [0.15, 0.2) is 5.52 Å². The van der Waals surface area contributed by atoms with Crippen molar-refractivity contribution < 1.29 is 31.4 Å². The zero-order valence-electron chi connectivity index (χ0n) is 15.7. The number of aryl methyl sites for hydroxylation is 1. The number of pyridine rings is 1. The average Bonchev–Trinajstić information content (AvgIpc) is 3.41. The minimum absolute atomic E-state index is 0.0578. The Kier molecular flexibility index (Phi) is 4.71. The third-order valence-electron chi connectivity index (χ3n) is 5.31. The van der Waals surface area contributed by atoms with E-state index in [1.54, 1.807) is 0 Å². The van der Waals surface area contributed by atoms with Crippen molar-refractivity contribution in [3.8, 4) is 0 Å². The first-order chi connectivity index (χ1) is 14.3. The lowest BCUT2D eigenvalue weighted by atomic mass is 9.87. The van der Waals surface area contributed by atoms with Crippen LogP contribution < -0.4 is 5.56 Å². The lowest BCUT2D eigenvalue weighted by Crippen LogP contribution is -2.45. The molecule has 12 heteroatoms. The van der Waals surface area contributed by atoms with Gasteiger partial charge < -0.3 is 9.67 Å². The van der Waals surface area contributed by atoms with Crippen LogP contribution >= 0.6 is 11.6 Å². The van der Waals surface area contributed by atoms with Gasteiger partial charge in [0, 0.05) is 30.2 Å². The van der Waals surface area contributed by atoms with E-state index in [4.69, 9.17) is 11.6 Å². The molecule has 1 fully saturated rings. The molecule has 31 heavy (non-hydrogen) atoms. The van der Waals surface area contributed by atoms with E-state index in [2.05, 4.69) is 5.10 Å². The van der Waals surface area contributed by atoms with Crippen LogP contribution in [0.3, 0.4) is 0 Å². The molecule has 0 spiro atoms. The van der Waals surface area contributed by atoms with Crippen LogP contribution in [-0.4, -0.2) is 25.6 Å². The summed E-state index contributed by atoms with van der Waals surface area (Å²) in [4.78, 5) is 12.7. The van der Waals surface area contributed by atoms with E-state index >= 15 is 0 Å². The Bertz CT molecular complexity index is 1240. The summed E-state index contributed by atoms with van der Waals surface area (Å²) >= 11 is 5.60. The van der Waals surface area contributed by atoms with E-state index in [1.165, 1.54) is 16.8 Å². The van der Waals surface area contributed by atoms with Crippen molar-refractivity contribution in [2.24, 2.45) is 7.05 Å². The van der Waals surface area contributed by atoms with Crippen LogP contribution in [0.2, 0.25) is 5.02 Å². The third-order valence-corrected chi connectivity index (χ3v) is 5.62. The molecule has 0 bridgehead atoms. The Balaban J connectivity index is 1.99. The number of aromatic nitrogens is 3. The summed E-state index contributed by atoms with van der Waals surface area (Å²) in [6.45, 7) is 0. The topological polar surface area (TPSA) is 60.0 Å². The number of aliphatic hydroxyl groups is 1. The number of nitrogens with zero attached hydrogens (tertiary/aromatic N) is 3. The molecule has 0 saturated heterocycles. The summed E-state index contributed by atoms with van der Waals surface area (Å²) in [5.41, 5.74) is -7.75. The molecule has 2 aromatic heterocycles. The van der Waals surface area contributed by atoms with Crippen LogP contribution in [0.25, 0.3) is 10.9 Å². The summed E-state index contributed by atoms with van der Waals surface area (Å²) in [7, 11) is 1.11. The first kappa shape index (κ1) is 21.7. The molecule has 1 saturated carbocycles. The Morgan fingerprint density at radius 1 is 1.13 bits per heavy atom. The minimum atomic E-state index is -5.37. The van der Waals surface area contributed by atoms with E-state index in [-0.39, 0.29) is 16.9 Å². The van der Waals surface area contributed by atoms with Gasteiger partial charge in [-0.2, -0.15) is 31.4 Å². The number of rotatable bonds is 3. The number of benzene rings is 1. The maximum Gasteiger partial charge on any atom is 0.427 e. The molecule has 0 unspecified atom stereocenters. The number of hydrogen-bond acceptors (Lipinski definition) is 3. The van der Waals surface area contributed by atoms with E-state index in [9.17, 15) is 36.2 Å². The van der Waals surface area contributed by atoms with Gasteiger partial charge in [-0.1, -0.05) is 17.7 Å². The fraction of sp³-hybridized carbons (Fsp3) is 0.368. The van der Waals surface area contributed by atoms with Crippen LogP contribution in [-0.2, 0) is 18.8 Å². The molecule has 2 heterocycles. The predicted molar refractivity (Wildman–Crippen MR) is 98.8 cm³/mol. The van der Waals surface area contributed by atoms with Crippen molar-refractivity contribution in [2.45, 2.75) is 36.8 Å². The van der Waals surface area contributed by atoms with Gasteiger partial charge in [0.25, 0.3) is 5.56 Å². The number of hydrogen-bond donors (Lipinski definition) is 1. The normalized spacial score (nSPS) is 17.2. The van der Waals surface area contributed by atoms with Crippen LogP contribution in [0, 0.1) is 0 Å². The molecule has 166 valence electrons. The summed E-state index contributed by atoms with van der Waals surface area (Å²) in [5.74, 6) is 0. The number of alkyl halides is 6. The summed E-state index contributed by atoms with van der Waals surface area (Å²) in [6.07, 6.45) is -7.44. The zero-order valence-corrected chi connectivity index (χ0v) is 16.5. The fourth-order valence-corrected chi connectivity index (χ4v) is 3.96. The van der Waals surface area contributed by atoms with Gasteiger partial charge >= 0.3 is 12.4 Å². The molecule has 1 atom stereocenters. The average molecular weight is 466 g/mol. The lowest BCUT2D eigenvalue weighted by molar-refractivity contribution is -0.250. The Morgan fingerprint density at radius 3 is 2.29 bits per heavy atom. The SMILES string of the molecule is Cn1nc2c(=O)n(C3CC3)ccc2c1[C@](O)(c1ccc(C(F)(F)F)c(Cl)c1)C(F)(F)F. The molecule has 4 rings (SSSR count). The molecule has 3 aromatic rings. The third kappa shape index (κ3) is 3.30. The minimum Gasteiger partial charge on any atom is -0.371 e. The quantitative estimate of drug-likeness (QED) is 0.578. The number of fused-ring (bicyclic) bond motifs is 1. The number of halogens is 7. The molecule has 0 amide bonds. The molecule has 1 N–H and O–H groups in total. The molecule has 1 aliphatic rings. The van der Waals surface area contributed by atoms with Gasteiger partial charge in [-0.3, -0.25) is 9.48 Å². The van der Waals surface area contributed by atoms with Gasteiger partial charge in [0.05, 0.1) is 16.3 Å². The predicted octanol–water partition coefficient (Wildman–Crippen LogP) is 4.54. The molecule has 0 aliphatic heterocycles. The molecular formula is C19H14ClF6N3O2. The van der Waals surface area contributed by atoms with E-state index in [0.717, 1.165) is 19.9 Å². The van der Waals surface area contributed by atoms with Gasteiger partial charge in [-0.05, 0) is 31.0 Å². The smallest absolute Gasteiger partial charge is 0.371 e. The highest BCUT2D eigenvalue weighted by Gasteiger charge is 2.59. The Labute approximate surface area is 175 Å². The first-order valence-corrected chi connectivity index (χ1v) is 9.39. The van der Waals surface area contributed by atoms with Crippen LogP contribution in [0.15, 0.2) is 35.3 Å². The molecule has 1 aromatic carbocycles. The molecular weight excluding hydrogens is 452 g/mol. The van der Waals surface area contributed by atoms with E-state index in [0.29, 0.717) is 22.9 Å². The maximum atomic E-state index is 14.2. The fourth-order valence-electron chi connectivity index (χ4n) is 3.67. The van der Waals surface area contributed by atoms with Crippen molar-refractivity contribution in [2.75, 3.05) is 0 Å². The standard InChI is InChI=1S/C19H14ClF6N3O2/c1-28-15(11-6-7-29(10-3-4-10)16(30)14(11)27-28)17(31,19(24,25)26)9-2-5-12(13(20)8-9)18(21,22)23/h2,5-8,10,31H,3-4H2,1H3/t17-/m1/s1. The Hall–Kier alpha value is -2.53.